The van der Waals surface area contributed by atoms with Crippen molar-refractivity contribution in [3.8, 4) is 0 Å². The summed E-state index contributed by atoms with van der Waals surface area (Å²) in [5, 5.41) is 0.0356. The summed E-state index contributed by atoms with van der Waals surface area (Å²) >= 11 is 1.22. The number of aromatic nitrogens is 2. The van der Waals surface area contributed by atoms with E-state index in [1.54, 1.807) is 31.9 Å². The number of benzene rings is 1. The van der Waals surface area contributed by atoms with Crippen LogP contribution in [0.15, 0.2) is 40.3 Å². The fraction of sp³-hybridized carbons (Fsp3) is 0.450. The maximum absolute atomic E-state index is 12.9. The number of nitrogens with zero attached hydrogens (tertiary/aromatic N) is 4. The highest BCUT2D eigenvalue weighted by molar-refractivity contribution is 8.00. The fourth-order valence-corrected chi connectivity index (χ4v) is 4.27. The zero-order valence-electron chi connectivity index (χ0n) is 16.9. The number of carbonyl (C=O) groups is 1. The summed E-state index contributed by atoms with van der Waals surface area (Å²) < 4.78 is 40.3. The van der Waals surface area contributed by atoms with E-state index in [9.17, 15) is 22.8 Å². The van der Waals surface area contributed by atoms with E-state index in [0.29, 0.717) is 42.7 Å². The number of alkyl halides is 3. The summed E-state index contributed by atoms with van der Waals surface area (Å²) in [6.45, 7) is 5.23. The molecule has 2 heterocycles. The molecule has 0 radical (unpaired) electrons. The lowest BCUT2D eigenvalue weighted by molar-refractivity contribution is -0.137. The van der Waals surface area contributed by atoms with Crippen molar-refractivity contribution in [2.75, 3.05) is 31.1 Å². The Morgan fingerprint density at radius 1 is 1.17 bits per heavy atom. The van der Waals surface area contributed by atoms with Crippen molar-refractivity contribution in [3.63, 3.8) is 0 Å². The fourth-order valence-electron chi connectivity index (χ4n) is 3.26. The smallest absolute Gasteiger partial charge is 0.368 e. The van der Waals surface area contributed by atoms with Gasteiger partial charge < -0.3 is 9.80 Å². The Morgan fingerprint density at radius 3 is 2.47 bits per heavy atom. The molecule has 162 valence electrons. The monoisotopic (exact) mass is 440 g/mol. The van der Waals surface area contributed by atoms with E-state index in [1.807, 2.05) is 4.90 Å². The Bertz CT molecular complexity index is 985. The molecule has 1 aromatic heterocycles. The average Bonchev–Trinajstić information content (AvgIpc) is 2.70. The zero-order valence-corrected chi connectivity index (χ0v) is 17.8. The average molecular weight is 440 g/mol. The van der Waals surface area contributed by atoms with Crippen LogP contribution in [-0.4, -0.2) is 51.8 Å². The standard InChI is InChI=1S/C20H23F3N4O2S/c1-13-11-17(28)25(3)19(24-13)30-14(2)18(29)27-9-7-26(8-10-27)16-6-4-5-15(12-16)20(21,22)23/h4-6,11-12,14H,7-10H2,1-3H3. The molecule has 3 rings (SSSR count). The summed E-state index contributed by atoms with van der Waals surface area (Å²) in [5.41, 5.74) is 0.229. The Morgan fingerprint density at radius 2 is 1.83 bits per heavy atom. The first-order chi connectivity index (χ1) is 14.1. The molecule has 1 aliphatic rings. The van der Waals surface area contributed by atoms with Crippen molar-refractivity contribution >= 4 is 23.4 Å². The van der Waals surface area contributed by atoms with Crippen molar-refractivity contribution in [1.29, 1.82) is 0 Å². The van der Waals surface area contributed by atoms with Gasteiger partial charge in [0.1, 0.15) is 0 Å². The van der Waals surface area contributed by atoms with Crippen LogP contribution in [-0.2, 0) is 18.0 Å². The van der Waals surface area contributed by atoms with Crippen molar-refractivity contribution in [1.82, 2.24) is 14.5 Å². The van der Waals surface area contributed by atoms with Gasteiger partial charge >= 0.3 is 6.18 Å². The van der Waals surface area contributed by atoms with Crippen LogP contribution in [0.5, 0.6) is 0 Å². The van der Waals surface area contributed by atoms with Gasteiger partial charge in [-0.2, -0.15) is 13.2 Å². The maximum atomic E-state index is 12.9. The first-order valence-electron chi connectivity index (χ1n) is 9.48. The topological polar surface area (TPSA) is 58.4 Å². The third kappa shape index (κ3) is 4.97. The molecule has 1 aliphatic heterocycles. The van der Waals surface area contributed by atoms with Gasteiger partial charge in [0.25, 0.3) is 5.56 Å². The molecular formula is C20H23F3N4O2S. The molecule has 0 saturated carbocycles. The van der Waals surface area contributed by atoms with Crippen molar-refractivity contribution in [3.05, 3.63) is 51.9 Å². The van der Waals surface area contributed by atoms with Gasteiger partial charge in [0.05, 0.1) is 10.8 Å². The SMILES string of the molecule is Cc1cc(=O)n(C)c(SC(C)C(=O)N2CCN(c3cccc(C(F)(F)F)c3)CC2)n1. The number of thioether (sulfide) groups is 1. The summed E-state index contributed by atoms with van der Waals surface area (Å²) in [4.78, 5) is 32.6. The number of halogens is 3. The summed E-state index contributed by atoms with van der Waals surface area (Å²) in [5.74, 6) is -0.0838. The van der Waals surface area contributed by atoms with Crippen molar-refractivity contribution in [2.45, 2.75) is 30.4 Å². The minimum Gasteiger partial charge on any atom is -0.368 e. The molecule has 6 nitrogen and oxygen atoms in total. The highest BCUT2D eigenvalue weighted by atomic mass is 32.2. The highest BCUT2D eigenvalue weighted by Crippen LogP contribution is 2.32. The third-order valence-corrected chi connectivity index (χ3v) is 6.11. The number of amides is 1. The van der Waals surface area contributed by atoms with Gasteiger partial charge in [-0.05, 0) is 32.0 Å². The molecule has 1 amide bonds. The maximum Gasteiger partial charge on any atom is 0.416 e. The number of hydrogen-bond donors (Lipinski definition) is 0. The molecule has 1 aromatic carbocycles. The van der Waals surface area contributed by atoms with E-state index in [4.69, 9.17) is 0 Å². The van der Waals surface area contributed by atoms with E-state index in [0.717, 1.165) is 12.1 Å². The van der Waals surface area contributed by atoms with E-state index in [-0.39, 0.29) is 11.5 Å². The normalized spacial score (nSPS) is 15.9. The summed E-state index contributed by atoms with van der Waals surface area (Å²) in [6, 6.07) is 6.67. The van der Waals surface area contributed by atoms with Crippen LogP contribution < -0.4 is 10.5 Å². The Kier molecular flexibility index (Phi) is 6.44. The highest BCUT2D eigenvalue weighted by Gasteiger charge is 2.31. The van der Waals surface area contributed by atoms with Crippen LogP contribution in [0.4, 0.5) is 18.9 Å². The van der Waals surface area contributed by atoms with Gasteiger partial charge in [-0.25, -0.2) is 4.98 Å². The molecule has 0 bridgehead atoms. The second-order valence-corrected chi connectivity index (χ2v) is 8.51. The number of aryl methyl sites for hydroxylation is 1. The van der Waals surface area contributed by atoms with Crippen molar-refractivity contribution in [2.24, 2.45) is 7.05 Å². The molecule has 0 N–H and O–H groups in total. The molecule has 1 saturated heterocycles. The quantitative estimate of drug-likeness (QED) is 0.541. The minimum atomic E-state index is -4.38. The zero-order chi connectivity index (χ0) is 22.1. The molecule has 0 aliphatic carbocycles. The van der Waals surface area contributed by atoms with Gasteiger partial charge in [-0.1, -0.05) is 17.8 Å². The van der Waals surface area contributed by atoms with Crippen LogP contribution >= 0.6 is 11.8 Å². The summed E-state index contributed by atoms with van der Waals surface area (Å²) in [6.07, 6.45) is -4.38. The second-order valence-electron chi connectivity index (χ2n) is 7.20. The number of hydrogen-bond acceptors (Lipinski definition) is 5. The van der Waals surface area contributed by atoms with Crippen molar-refractivity contribution < 1.29 is 18.0 Å². The van der Waals surface area contributed by atoms with E-state index in [2.05, 4.69) is 4.98 Å². The van der Waals surface area contributed by atoms with Gasteiger partial charge in [0, 0.05) is 50.7 Å². The molecule has 30 heavy (non-hydrogen) atoms. The minimum absolute atomic E-state index is 0.0838. The molecule has 1 atom stereocenters. The van der Waals surface area contributed by atoms with Crippen LogP contribution in [0.1, 0.15) is 18.2 Å². The van der Waals surface area contributed by atoms with Gasteiger partial charge in [0.15, 0.2) is 5.16 Å². The lowest BCUT2D eigenvalue weighted by Gasteiger charge is -2.37. The molecule has 10 heteroatoms. The van der Waals surface area contributed by atoms with Gasteiger partial charge in [0.2, 0.25) is 5.91 Å². The van der Waals surface area contributed by atoms with E-state index < -0.39 is 17.0 Å². The first kappa shape index (κ1) is 22.2. The second kappa shape index (κ2) is 8.71. The van der Waals surface area contributed by atoms with Gasteiger partial charge in [-0.3, -0.25) is 14.2 Å². The number of carbonyl (C=O) groups excluding carboxylic acids is 1. The Labute approximate surface area is 176 Å². The Hall–Kier alpha value is -2.49. The number of piperazine rings is 1. The number of anilines is 1. The third-order valence-electron chi connectivity index (χ3n) is 4.98. The van der Waals surface area contributed by atoms with E-state index in [1.165, 1.54) is 28.5 Å². The predicted octanol–water partition coefficient (Wildman–Crippen LogP) is 2.94. The number of rotatable bonds is 4. The predicted molar refractivity (Wildman–Crippen MR) is 110 cm³/mol. The van der Waals surface area contributed by atoms with Crippen LogP contribution in [0, 0.1) is 6.92 Å². The molecule has 0 spiro atoms. The van der Waals surface area contributed by atoms with Crippen LogP contribution in [0.2, 0.25) is 0 Å². The molecule has 1 fully saturated rings. The lowest BCUT2D eigenvalue weighted by Crippen LogP contribution is -2.50. The molecule has 2 aromatic rings. The van der Waals surface area contributed by atoms with Gasteiger partial charge in [-0.15, -0.1) is 0 Å². The van der Waals surface area contributed by atoms with Crippen LogP contribution in [0.3, 0.4) is 0 Å². The molecular weight excluding hydrogens is 417 g/mol. The summed E-state index contributed by atoms with van der Waals surface area (Å²) in [7, 11) is 1.61. The van der Waals surface area contributed by atoms with Crippen LogP contribution in [0.25, 0.3) is 0 Å². The lowest BCUT2D eigenvalue weighted by atomic mass is 10.1. The Balaban J connectivity index is 1.62. The largest absolute Gasteiger partial charge is 0.416 e. The first-order valence-corrected chi connectivity index (χ1v) is 10.4. The molecule has 1 unspecified atom stereocenters. The van der Waals surface area contributed by atoms with E-state index >= 15 is 0 Å².